The highest BCUT2D eigenvalue weighted by atomic mass is 32.2. The standard InChI is InChI=1S/C29H43N3O3S/c1-4-35-18-20-5-8-23-22(15-20)7-9-25-24(23)13-14-29(3)26(10-11-27(25)29)19(2)32-36(33,34)28-12-6-21(16-30)17-31-28/h6,12,17,19-20,22-27,32H,4-5,7-11,13-15,18H2,1-3H3. The molecule has 4 aliphatic carbocycles. The van der Waals surface area contributed by atoms with Crippen LogP contribution in [0.5, 0.6) is 0 Å². The normalized spacial score (nSPS) is 38.9. The van der Waals surface area contributed by atoms with Crippen molar-refractivity contribution < 1.29 is 13.2 Å². The van der Waals surface area contributed by atoms with Crippen LogP contribution in [0.4, 0.5) is 0 Å². The first kappa shape index (κ1) is 26.1. The molecule has 4 fully saturated rings. The molecule has 1 aromatic heterocycles. The lowest BCUT2D eigenvalue weighted by atomic mass is 9.49. The van der Waals surface area contributed by atoms with E-state index in [0.717, 1.165) is 49.2 Å². The number of nitrogens with zero attached hydrogens (tertiary/aromatic N) is 2. The maximum absolute atomic E-state index is 13.1. The van der Waals surface area contributed by atoms with Crippen LogP contribution in [0.1, 0.15) is 84.1 Å². The Morgan fingerprint density at radius 1 is 1.14 bits per heavy atom. The van der Waals surface area contributed by atoms with Gasteiger partial charge in [0.2, 0.25) is 0 Å². The maximum atomic E-state index is 13.1. The maximum Gasteiger partial charge on any atom is 0.258 e. The summed E-state index contributed by atoms with van der Waals surface area (Å²) in [5.41, 5.74) is 0.558. The average molecular weight is 514 g/mol. The van der Waals surface area contributed by atoms with Gasteiger partial charge in [-0.3, -0.25) is 0 Å². The van der Waals surface area contributed by atoms with Gasteiger partial charge in [-0.25, -0.2) is 18.1 Å². The second-order valence-electron chi connectivity index (χ2n) is 12.4. The third kappa shape index (κ3) is 4.74. The van der Waals surface area contributed by atoms with Crippen LogP contribution in [0, 0.1) is 58.2 Å². The van der Waals surface area contributed by atoms with Crippen molar-refractivity contribution in [1.82, 2.24) is 9.71 Å². The number of hydrogen-bond donors (Lipinski definition) is 1. The minimum Gasteiger partial charge on any atom is -0.381 e. The van der Waals surface area contributed by atoms with Gasteiger partial charge in [0.15, 0.2) is 5.03 Å². The molecule has 1 N–H and O–H groups in total. The molecule has 0 aliphatic heterocycles. The summed E-state index contributed by atoms with van der Waals surface area (Å²) in [6, 6.07) is 4.80. The molecule has 198 valence electrons. The number of fused-ring (bicyclic) bond motifs is 5. The summed E-state index contributed by atoms with van der Waals surface area (Å²) >= 11 is 0. The molecule has 0 spiro atoms. The molecule has 9 atom stereocenters. The SMILES string of the molecule is CCOCC1CCC2C(CCC3C2CCC2(C)C(C(C)NS(=O)(=O)c4ccc(C#N)cn4)CCC32)C1. The van der Waals surface area contributed by atoms with Crippen LogP contribution in [0.15, 0.2) is 23.4 Å². The van der Waals surface area contributed by atoms with E-state index in [1.807, 2.05) is 13.0 Å². The zero-order valence-corrected chi connectivity index (χ0v) is 23.0. The van der Waals surface area contributed by atoms with Crippen molar-refractivity contribution in [1.29, 1.82) is 5.26 Å². The number of aromatic nitrogens is 1. The average Bonchev–Trinajstić information content (AvgIpc) is 3.24. The van der Waals surface area contributed by atoms with Gasteiger partial charge in [0.1, 0.15) is 6.07 Å². The van der Waals surface area contributed by atoms with Gasteiger partial charge in [0.25, 0.3) is 10.0 Å². The highest BCUT2D eigenvalue weighted by molar-refractivity contribution is 7.89. The second-order valence-corrected chi connectivity index (χ2v) is 14.1. The fourth-order valence-electron chi connectivity index (χ4n) is 9.24. The summed E-state index contributed by atoms with van der Waals surface area (Å²) < 4.78 is 34.9. The van der Waals surface area contributed by atoms with E-state index < -0.39 is 10.0 Å². The summed E-state index contributed by atoms with van der Waals surface area (Å²) in [7, 11) is -3.72. The van der Waals surface area contributed by atoms with Gasteiger partial charge in [-0.1, -0.05) is 6.92 Å². The molecule has 36 heavy (non-hydrogen) atoms. The van der Waals surface area contributed by atoms with Crippen molar-refractivity contribution in [3.63, 3.8) is 0 Å². The Hall–Kier alpha value is -1.49. The van der Waals surface area contributed by atoms with Crippen molar-refractivity contribution in [2.24, 2.45) is 46.8 Å². The van der Waals surface area contributed by atoms with E-state index in [1.165, 1.54) is 69.7 Å². The molecule has 4 saturated carbocycles. The first-order valence-electron chi connectivity index (χ1n) is 14.2. The number of nitriles is 1. The topological polar surface area (TPSA) is 92.1 Å². The number of ether oxygens (including phenoxy) is 1. The van der Waals surface area contributed by atoms with Crippen LogP contribution in [-0.2, 0) is 14.8 Å². The molecular weight excluding hydrogens is 470 g/mol. The Kier molecular flexibility index (Phi) is 7.51. The number of sulfonamides is 1. The molecule has 0 amide bonds. The second kappa shape index (κ2) is 10.3. The van der Waals surface area contributed by atoms with Gasteiger partial charge in [0.05, 0.1) is 5.56 Å². The molecule has 0 radical (unpaired) electrons. The number of hydrogen-bond acceptors (Lipinski definition) is 5. The quantitative estimate of drug-likeness (QED) is 0.517. The molecule has 1 aromatic rings. The lowest BCUT2D eigenvalue weighted by molar-refractivity contribution is -0.0748. The third-order valence-corrected chi connectivity index (χ3v) is 12.3. The number of rotatable bonds is 7. The zero-order valence-electron chi connectivity index (χ0n) is 22.2. The summed E-state index contributed by atoms with van der Waals surface area (Å²) in [6.45, 7) is 8.38. The molecule has 4 aliphatic rings. The molecule has 1 heterocycles. The number of pyridine rings is 1. The largest absolute Gasteiger partial charge is 0.381 e. The smallest absolute Gasteiger partial charge is 0.258 e. The van der Waals surface area contributed by atoms with Crippen LogP contribution < -0.4 is 4.72 Å². The van der Waals surface area contributed by atoms with Crippen molar-refractivity contribution >= 4 is 10.0 Å². The highest BCUT2D eigenvalue weighted by Crippen LogP contribution is 2.65. The van der Waals surface area contributed by atoms with Gasteiger partial charge in [-0.05, 0) is 131 Å². The Morgan fingerprint density at radius 2 is 1.94 bits per heavy atom. The van der Waals surface area contributed by atoms with Gasteiger partial charge >= 0.3 is 0 Å². The van der Waals surface area contributed by atoms with Crippen molar-refractivity contribution in [3.05, 3.63) is 23.9 Å². The Morgan fingerprint density at radius 3 is 2.67 bits per heavy atom. The van der Waals surface area contributed by atoms with E-state index in [1.54, 1.807) is 0 Å². The summed E-state index contributed by atoms with van der Waals surface area (Å²) in [4.78, 5) is 4.03. The highest BCUT2D eigenvalue weighted by Gasteiger charge is 2.58. The van der Waals surface area contributed by atoms with Crippen LogP contribution in [-0.4, -0.2) is 32.7 Å². The predicted octanol–water partition coefficient (Wildman–Crippen LogP) is 5.54. The molecule has 0 aromatic carbocycles. The Bertz CT molecular complexity index is 1070. The summed E-state index contributed by atoms with van der Waals surface area (Å²) in [6.07, 6.45) is 13.0. The van der Waals surface area contributed by atoms with Gasteiger partial charge in [-0.2, -0.15) is 5.26 Å². The monoisotopic (exact) mass is 513 g/mol. The molecule has 9 unspecified atom stereocenters. The Labute approximate surface area is 217 Å². The van der Waals surface area contributed by atoms with Gasteiger partial charge < -0.3 is 4.74 Å². The molecular formula is C29H43N3O3S. The van der Waals surface area contributed by atoms with Gasteiger partial charge in [0, 0.05) is 25.5 Å². The van der Waals surface area contributed by atoms with Crippen molar-refractivity contribution in [3.8, 4) is 6.07 Å². The summed E-state index contributed by atoms with van der Waals surface area (Å²) in [5, 5.41) is 8.98. The van der Waals surface area contributed by atoms with E-state index in [2.05, 4.69) is 23.6 Å². The fourth-order valence-corrected chi connectivity index (χ4v) is 10.5. The molecule has 6 nitrogen and oxygen atoms in total. The van der Waals surface area contributed by atoms with Crippen molar-refractivity contribution in [2.45, 2.75) is 89.6 Å². The first-order valence-corrected chi connectivity index (χ1v) is 15.7. The van der Waals surface area contributed by atoms with E-state index >= 15 is 0 Å². The lowest BCUT2D eigenvalue weighted by Crippen LogP contribution is -2.51. The van der Waals surface area contributed by atoms with E-state index in [-0.39, 0.29) is 16.5 Å². The van der Waals surface area contributed by atoms with E-state index in [4.69, 9.17) is 10.00 Å². The van der Waals surface area contributed by atoms with Crippen LogP contribution in [0.3, 0.4) is 0 Å². The third-order valence-electron chi connectivity index (χ3n) is 10.8. The first-order chi connectivity index (χ1) is 17.3. The molecule has 0 bridgehead atoms. The Balaban J connectivity index is 1.25. The summed E-state index contributed by atoms with van der Waals surface area (Å²) in [5.74, 6) is 5.26. The zero-order chi connectivity index (χ0) is 25.5. The van der Waals surface area contributed by atoms with E-state index in [9.17, 15) is 8.42 Å². The van der Waals surface area contributed by atoms with E-state index in [0.29, 0.717) is 17.4 Å². The van der Waals surface area contributed by atoms with Crippen molar-refractivity contribution in [2.75, 3.05) is 13.2 Å². The minimum absolute atomic E-state index is 0.00461. The lowest BCUT2D eigenvalue weighted by Gasteiger charge is -2.56. The predicted molar refractivity (Wildman–Crippen MR) is 139 cm³/mol. The molecule has 7 heteroatoms. The number of nitrogens with one attached hydrogen (secondary N) is 1. The van der Waals surface area contributed by atoms with Gasteiger partial charge in [-0.15, -0.1) is 0 Å². The molecule has 0 saturated heterocycles. The minimum atomic E-state index is -3.72. The van der Waals surface area contributed by atoms with Crippen LogP contribution in [0.2, 0.25) is 0 Å². The fraction of sp³-hybridized carbons (Fsp3) is 0.793. The van der Waals surface area contributed by atoms with Crippen LogP contribution >= 0.6 is 0 Å². The van der Waals surface area contributed by atoms with Crippen LogP contribution in [0.25, 0.3) is 0 Å². The molecule has 5 rings (SSSR count).